The first kappa shape index (κ1) is 23.1. The second-order valence-corrected chi connectivity index (χ2v) is 10.9. The Morgan fingerprint density at radius 3 is 2.58 bits per heavy atom. The standard InChI is InChI=1S/C21H26F2N4O3S/c1-5-21(4)19(24)27-20(3,11-31(21,29)30)15-9-14(6-7-16(15)23)26-18(28)17-12(2)8-13(22)10-25-17/h6-10,12,17H,5,11H2,1-4H3,(H2,24,27)(H,26,28)/t12?,17?,20-,21+/m0/s1. The SMILES string of the molecule is CC[C@]1(C)C(N)=N[C@](C)(c2cc(NC(=O)C3N=CC(F)=CC3C)ccc2F)CS1(=O)=O. The third-order valence-corrected chi connectivity index (χ3v) is 8.92. The Bertz CT molecular complexity index is 1120. The summed E-state index contributed by atoms with van der Waals surface area (Å²) >= 11 is 0. The van der Waals surface area contributed by atoms with Crippen molar-refractivity contribution in [1.82, 2.24) is 0 Å². The van der Waals surface area contributed by atoms with Crippen molar-refractivity contribution in [2.75, 3.05) is 11.1 Å². The van der Waals surface area contributed by atoms with Crippen LogP contribution in [0, 0.1) is 11.7 Å². The van der Waals surface area contributed by atoms with Gasteiger partial charge in [-0.3, -0.25) is 14.8 Å². The number of carbonyl (C=O) groups is 1. The number of hydrogen-bond acceptors (Lipinski definition) is 6. The number of halogens is 2. The molecule has 4 atom stereocenters. The van der Waals surface area contributed by atoms with Crippen LogP contribution in [0.2, 0.25) is 0 Å². The Labute approximate surface area is 180 Å². The second kappa shape index (κ2) is 7.81. The predicted octanol–water partition coefficient (Wildman–Crippen LogP) is 2.88. The van der Waals surface area contributed by atoms with Crippen molar-refractivity contribution in [3.05, 3.63) is 41.5 Å². The van der Waals surface area contributed by atoms with Crippen molar-refractivity contribution in [2.24, 2.45) is 21.6 Å². The maximum absolute atomic E-state index is 14.8. The fourth-order valence-corrected chi connectivity index (χ4v) is 5.94. The van der Waals surface area contributed by atoms with E-state index in [1.807, 2.05) is 0 Å². The molecule has 0 saturated heterocycles. The molecule has 3 rings (SSSR count). The second-order valence-electron chi connectivity index (χ2n) is 8.43. The lowest BCUT2D eigenvalue weighted by Crippen LogP contribution is -2.56. The molecule has 2 heterocycles. The first-order valence-corrected chi connectivity index (χ1v) is 11.6. The number of rotatable bonds is 4. The molecular formula is C21H26F2N4O3S. The summed E-state index contributed by atoms with van der Waals surface area (Å²) in [5.74, 6) is -2.62. The van der Waals surface area contributed by atoms with Crippen LogP contribution in [0.5, 0.6) is 0 Å². The molecule has 10 heteroatoms. The smallest absolute Gasteiger partial charge is 0.249 e. The molecule has 3 N–H and O–H groups in total. The quantitative estimate of drug-likeness (QED) is 0.731. The zero-order valence-electron chi connectivity index (χ0n) is 17.8. The fourth-order valence-electron chi connectivity index (χ4n) is 3.86. The summed E-state index contributed by atoms with van der Waals surface area (Å²) in [6, 6.07) is 3.00. The van der Waals surface area contributed by atoms with E-state index in [2.05, 4.69) is 15.3 Å². The van der Waals surface area contributed by atoms with Gasteiger partial charge in [0, 0.05) is 17.2 Å². The minimum Gasteiger partial charge on any atom is -0.386 e. The third kappa shape index (κ3) is 4.00. The lowest BCUT2D eigenvalue weighted by atomic mass is 9.92. The Hall–Kier alpha value is -2.62. The molecule has 1 aromatic rings. The molecule has 0 aromatic heterocycles. The Kier molecular flexibility index (Phi) is 5.81. The van der Waals surface area contributed by atoms with Gasteiger partial charge in [0.2, 0.25) is 5.91 Å². The van der Waals surface area contributed by atoms with Gasteiger partial charge in [-0.25, -0.2) is 17.2 Å². The van der Waals surface area contributed by atoms with E-state index in [-0.39, 0.29) is 23.5 Å². The number of allylic oxidation sites excluding steroid dienone is 1. The van der Waals surface area contributed by atoms with Crippen LogP contribution in [-0.2, 0) is 20.2 Å². The minimum absolute atomic E-state index is 0.00103. The van der Waals surface area contributed by atoms with E-state index < -0.39 is 55.4 Å². The Morgan fingerprint density at radius 1 is 1.32 bits per heavy atom. The Balaban J connectivity index is 1.95. The zero-order chi connectivity index (χ0) is 23.2. The highest BCUT2D eigenvalue weighted by molar-refractivity contribution is 7.93. The van der Waals surface area contributed by atoms with Gasteiger partial charge in [0.15, 0.2) is 9.84 Å². The fraction of sp³-hybridized carbons (Fsp3) is 0.476. The average Bonchev–Trinajstić information content (AvgIpc) is 2.66. The Morgan fingerprint density at radius 2 is 2.00 bits per heavy atom. The number of nitrogens with zero attached hydrogens (tertiary/aromatic N) is 2. The van der Waals surface area contributed by atoms with Crippen LogP contribution in [0.25, 0.3) is 0 Å². The minimum atomic E-state index is -3.73. The van der Waals surface area contributed by atoms with Crippen LogP contribution in [0.15, 0.2) is 40.1 Å². The van der Waals surface area contributed by atoms with Gasteiger partial charge in [0.1, 0.15) is 33.8 Å². The largest absolute Gasteiger partial charge is 0.386 e. The first-order chi connectivity index (χ1) is 14.3. The van der Waals surface area contributed by atoms with Crippen LogP contribution < -0.4 is 11.1 Å². The van der Waals surface area contributed by atoms with Crippen LogP contribution in [-0.4, -0.2) is 42.9 Å². The predicted molar refractivity (Wildman–Crippen MR) is 117 cm³/mol. The number of nitrogens with two attached hydrogens (primary N) is 1. The van der Waals surface area contributed by atoms with E-state index in [1.54, 1.807) is 13.8 Å². The summed E-state index contributed by atoms with van der Waals surface area (Å²) in [6.07, 6.45) is 2.52. The van der Waals surface area contributed by atoms with Gasteiger partial charge in [-0.05, 0) is 44.5 Å². The molecule has 0 fully saturated rings. The van der Waals surface area contributed by atoms with E-state index in [0.717, 1.165) is 12.3 Å². The number of aliphatic imine (C=N–C) groups is 2. The zero-order valence-corrected chi connectivity index (χ0v) is 18.6. The van der Waals surface area contributed by atoms with E-state index >= 15 is 0 Å². The van der Waals surface area contributed by atoms with E-state index in [9.17, 15) is 22.0 Å². The molecule has 0 radical (unpaired) electrons. The number of amides is 1. The number of sulfone groups is 1. The molecule has 2 aliphatic heterocycles. The van der Waals surface area contributed by atoms with Crippen molar-refractivity contribution in [1.29, 1.82) is 0 Å². The lowest BCUT2D eigenvalue weighted by Gasteiger charge is -2.39. The number of anilines is 1. The van der Waals surface area contributed by atoms with Crippen LogP contribution in [0.4, 0.5) is 14.5 Å². The van der Waals surface area contributed by atoms with Crippen molar-refractivity contribution in [3.8, 4) is 0 Å². The van der Waals surface area contributed by atoms with Gasteiger partial charge in [-0.1, -0.05) is 13.8 Å². The summed E-state index contributed by atoms with van der Waals surface area (Å²) in [5, 5.41) is 2.64. The van der Waals surface area contributed by atoms with Crippen LogP contribution in [0.3, 0.4) is 0 Å². The third-order valence-electron chi connectivity index (χ3n) is 6.10. The lowest BCUT2D eigenvalue weighted by molar-refractivity contribution is -0.117. The summed E-state index contributed by atoms with van der Waals surface area (Å²) in [4.78, 5) is 20.9. The maximum atomic E-state index is 14.8. The average molecular weight is 453 g/mol. The summed E-state index contributed by atoms with van der Waals surface area (Å²) in [7, 11) is -3.73. The summed E-state index contributed by atoms with van der Waals surface area (Å²) in [5.41, 5.74) is 4.82. The van der Waals surface area contributed by atoms with Crippen LogP contribution in [0.1, 0.15) is 39.7 Å². The van der Waals surface area contributed by atoms with Gasteiger partial charge < -0.3 is 11.1 Å². The highest BCUT2D eigenvalue weighted by Crippen LogP contribution is 2.39. The van der Waals surface area contributed by atoms with E-state index in [4.69, 9.17) is 5.73 Å². The normalized spacial score (nSPS) is 32.2. The molecule has 0 saturated carbocycles. The molecule has 168 valence electrons. The maximum Gasteiger partial charge on any atom is 0.249 e. The van der Waals surface area contributed by atoms with Crippen molar-refractivity contribution in [2.45, 2.75) is 50.4 Å². The summed E-state index contributed by atoms with van der Waals surface area (Å²) in [6.45, 7) is 6.37. The number of dihydropyridines is 1. The number of nitrogens with one attached hydrogen (secondary N) is 1. The molecule has 0 spiro atoms. The van der Waals surface area contributed by atoms with Crippen molar-refractivity contribution >= 4 is 33.5 Å². The molecule has 31 heavy (non-hydrogen) atoms. The number of carbonyl (C=O) groups excluding carboxylic acids is 1. The molecule has 1 amide bonds. The molecule has 2 unspecified atom stereocenters. The highest BCUT2D eigenvalue weighted by Gasteiger charge is 2.51. The number of amidine groups is 1. The molecule has 0 bridgehead atoms. The first-order valence-electron chi connectivity index (χ1n) is 9.92. The van der Waals surface area contributed by atoms with Crippen molar-refractivity contribution in [3.63, 3.8) is 0 Å². The van der Waals surface area contributed by atoms with Gasteiger partial charge >= 0.3 is 0 Å². The number of hydrogen-bond donors (Lipinski definition) is 2. The van der Waals surface area contributed by atoms with Gasteiger partial charge in [0.05, 0.1) is 12.0 Å². The van der Waals surface area contributed by atoms with Gasteiger partial charge in [-0.15, -0.1) is 0 Å². The molecule has 2 aliphatic rings. The van der Waals surface area contributed by atoms with Gasteiger partial charge in [-0.2, -0.15) is 0 Å². The molecular weight excluding hydrogens is 426 g/mol. The molecule has 7 nitrogen and oxygen atoms in total. The van der Waals surface area contributed by atoms with E-state index in [1.165, 1.54) is 32.1 Å². The molecule has 0 aliphatic carbocycles. The van der Waals surface area contributed by atoms with Gasteiger partial charge in [0.25, 0.3) is 0 Å². The van der Waals surface area contributed by atoms with E-state index in [0.29, 0.717) is 0 Å². The van der Waals surface area contributed by atoms with Crippen molar-refractivity contribution < 1.29 is 22.0 Å². The summed E-state index contributed by atoms with van der Waals surface area (Å²) < 4.78 is 52.7. The topological polar surface area (TPSA) is 114 Å². The monoisotopic (exact) mass is 452 g/mol. The van der Waals surface area contributed by atoms with Crippen LogP contribution >= 0.6 is 0 Å². The highest BCUT2D eigenvalue weighted by atomic mass is 32.2. The number of benzene rings is 1. The molecule has 1 aromatic carbocycles.